The van der Waals surface area contributed by atoms with Crippen LogP contribution in [0.1, 0.15) is 40.1 Å². The molecule has 1 heterocycles. The van der Waals surface area contributed by atoms with E-state index in [1.54, 1.807) is 12.1 Å². The normalized spacial score (nSPS) is 11.8. The van der Waals surface area contributed by atoms with Crippen LogP contribution in [-0.2, 0) is 4.74 Å². The van der Waals surface area contributed by atoms with Crippen molar-refractivity contribution in [2.75, 3.05) is 12.4 Å². The maximum Gasteiger partial charge on any atom is 0.358 e. The number of anilines is 1. The minimum atomic E-state index is -0.489. The SMILES string of the molecule is COC(=O)c1ccc(NC(C)c2cccc(C)c2C)nn1. The Bertz CT molecular complexity index is 638. The predicted octanol–water partition coefficient (Wildman–Crippen LogP) is 3.05. The molecular formula is C16H19N3O2. The van der Waals surface area contributed by atoms with Gasteiger partial charge in [0.1, 0.15) is 5.82 Å². The molecule has 0 fully saturated rings. The third kappa shape index (κ3) is 3.37. The van der Waals surface area contributed by atoms with E-state index in [9.17, 15) is 4.79 Å². The molecule has 5 heteroatoms. The van der Waals surface area contributed by atoms with Crippen molar-refractivity contribution in [1.29, 1.82) is 0 Å². The summed E-state index contributed by atoms with van der Waals surface area (Å²) in [5, 5.41) is 11.1. The van der Waals surface area contributed by atoms with E-state index in [1.165, 1.54) is 23.8 Å². The van der Waals surface area contributed by atoms with Crippen molar-refractivity contribution in [3.63, 3.8) is 0 Å². The smallest absolute Gasteiger partial charge is 0.358 e. The topological polar surface area (TPSA) is 64.1 Å². The van der Waals surface area contributed by atoms with Crippen LogP contribution in [0.4, 0.5) is 5.82 Å². The zero-order valence-electron chi connectivity index (χ0n) is 12.7. The number of hydrogen-bond acceptors (Lipinski definition) is 5. The summed E-state index contributed by atoms with van der Waals surface area (Å²) in [4.78, 5) is 11.3. The Hall–Kier alpha value is -2.43. The largest absolute Gasteiger partial charge is 0.464 e. The molecule has 2 aromatic rings. The van der Waals surface area contributed by atoms with Crippen molar-refractivity contribution in [3.8, 4) is 0 Å². The number of aromatic nitrogens is 2. The highest BCUT2D eigenvalue weighted by atomic mass is 16.5. The van der Waals surface area contributed by atoms with Crippen molar-refractivity contribution >= 4 is 11.8 Å². The van der Waals surface area contributed by atoms with Gasteiger partial charge in [0.05, 0.1) is 13.2 Å². The lowest BCUT2D eigenvalue weighted by atomic mass is 9.98. The minimum absolute atomic E-state index is 0.100. The van der Waals surface area contributed by atoms with E-state index in [1.807, 2.05) is 6.07 Å². The van der Waals surface area contributed by atoms with Gasteiger partial charge in [-0.15, -0.1) is 10.2 Å². The number of carbonyl (C=O) groups is 1. The maximum absolute atomic E-state index is 11.3. The van der Waals surface area contributed by atoms with Gasteiger partial charge in [-0.25, -0.2) is 4.79 Å². The fraction of sp³-hybridized carbons (Fsp3) is 0.312. The lowest BCUT2D eigenvalue weighted by Gasteiger charge is -2.18. The molecule has 1 aromatic heterocycles. The van der Waals surface area contributed by atoms with Crippen molar-refractivity contribution in [3.05, 3.63) is 52.7 Å². The van der Waals surface area contributed by atoms with Gasteiger partial charge in [0.25, 0.3) is 0 Å². The van der Waals surface area contributed by atoms with Gasteiger partial charge in [0.15, 0.2) is 5.69 Å². The Morgan fingerprint density at radius 2 is 1.95 bits per heavy atom. The van der Waals surface area contributed by atoms with E-state index in [-0.39, 0.29) is 11.7 Å². The summed E-state index contributed by atoms with van der Waals surface area (Å²) < 4.78 is 4.59. The van der Waals surface area contributed by atoms with Gasteiger partial charge in [0.2, 0.25) is 0 Å². The van der Waals surface area contributed by atoms with Crippen LogP contribution in [0, 0.1) is 13.8 Å². The zero-order valence-corrected chi connectivity index (χ0v) is 12.7. The molecule has 0 aliphatic rings. The van der Waals surface area contributed by atoms with Crippen molar-refractivity contribution in [2.24, 2.45) is 0 Å². The van der Waals surface area contributed by atoms with Crippen molar-refractivity contribution in [1.82, 2.24) is 10.2 Å². The number of nitrogens with one attached hydrogen (secondary N) is 1. The summed E-state index contributed by atoms with van der Waals surface area (Å²) in [6.07, 6.45) is 0. The van der Waals surface area contributed by atoms with Gasteiger partial charge in [-0.3, -0.25) is 0 Å². The quantitative estimate of drug-likeness (QED) is 0.875. The molecule has 110 valence electrons. The fourth-order valence-electron chi connectivity index (χ4n) is 2.17. The lowest BCUT2D eigenvalue weighted by molar-refractivity contribution is 0.0593. The summed E-state index contributed by atoms with van der Waals surface area (Å²) in [6.45, 7) is 6.27. The van der Waals surface area contributed by atoms with Gasteiger partial charge in [-0.1, -0.05) is 18.2 Å². The van der Waals surface area contributed by atoms with Gasteiger partial charge in [0, 0.05) is 0 Å². The van der Waals surface area contributed by atoms with Crippen LogP contribution in [0.5, 0.6) is 0 Å². The van der Waals surface area contributed by atoms with Crippen LogP contribution in [0.25, 0.3) is 0 Å². The van der Waals surface area contributed by atoms with E-state index in [0.717, 1.165) is 0 Å². The number of benzene rings is 1. The van der Waals surface area contributed by atoms with Crippen molar-refractivity contribution < 1.29 is 9.53 Å². The molecule has 0 amide bonds. The highest BCUT2D eigenvalue weighted by Crippen LogP contribution is 2.23. The number of ether oxygens (including phenoxy) is 1. The maximum atomic E-state index is 11.3. The third-order valence-electron chi connectivity index (χ3n) is 3.54. The van der Waals surface area contributed by atoms with E-state index < -0.39 is 5.97 Å². The standard InChI is InChI=1S/C16H19N3O2/c1-10-6-5-7-13(11(10)2)12(3)17-15-9-8-14(18-19-15)16(20)21-4/h5-9,12H,1-4H3,(H,17,19). The molecule has 0 spiro atoms. The van der Waals surface area contributed by atoms with Crippen LogP contribution < -0.4 is 5.32 Å². The molecule has 21 heavy (non-hydrogen) atoms. The first-order valence-corrected chi connectivity index (χ1v) is 6.77. The first kappa shape index (κ1) is 15.0. The molecule has 1 unspecified atom stereocenters. The van der Waals surface area contributed by atoms with Crippen LogP contribution in [0.2, 0.25) is 0 Å². The number of methoxy groups -OCH3 is 1. The minimum Gasteiger partial charge on any atom is -0.464 e. The van der Waals surface area contributed by atoms with Crippen LogP contribution in [-0.4, -0.2) is 23.3 Å². The van der Waals surface area contributed by atoms with E-state index in [0.29, 0.717) is 5.82 Å². The Morgan fingerprint density at radius 1 is 1.19 bits per heavy atom. The number of esters is 1. The van der Waals surface area contributed by atoms with Gasteiger partial charge >= 0.3 is 5.97 Å². The Kier molecular flexibility index (Phi) is 4.52. The predicted molar refractivity (Wildman–Crippen MR) is 81.3 cm³/mol. The van der Waals surface area contributed by atoms with Gasteiger partial charge in [-0.05, 0) is 49.6 Å². The highest BCUT2D eigenvalue weighted by Gasteiger charge is 2.12. The van der Waals surface area contributed by atoms with Crippen molar-refractivity contribution in [2.45, 2.75) is 26.8 Å². The Morgan fingerprint density at radius 3 is 2.57 bits per heavy atom. The lowest BCUT2D eigenvalue weighted by Crippen LogP contribution is -2.12. The molecular weight excluding hydrogens is 266 g/mol. The van der Waals surface area contributed by atoms with Crippen LogP contribution >= 0.6 is 0 Å². The molecule has 0 radical (unpaired) electrons. The number of rotatable bonds is 4. The third-order valence-corrected chi connectivity index (χ3v) is 3.54. The molecule has 0 saturated heterocycles. The average molecular weight is 285 g/mol. The molecule has 2 rings (SSSR count). The summed E-state index contributed by atoms with van der Waals surface area (Å²) in [5.41, 5.74) is 3.93. The van der Waals surface area contributed by atoms with Gasteiger partial charge < -0.3 is 10.1 Å². The number of carbonyl (C=O) groups excluding carboxylic acids is 1. The molecule has 0 bridgehead atoms. The molecule has 1 aromatic carbocycles. The molecule has 1 N–H and O–H groups in total. The summed E-state index contributed by atoms with van der Waals surface area (Å²) in [7, 11) is 1.32. The average Bonchev–Trinajstić information content (AvgIpc) is 2.50. The van der Waals surface area contributed by atoms with E-state index in [4.69, 9.17) is 0 Å². The van der Waals surface area contributed by atoms with E-state index in [2.05, 4.69) is 53.2 Å². The second-order valence-electron chi connectivity index (χ2n) is 4.95. The fourth-order valence-corrected chi connectivity index (χ4v) is 2.17. The Balaban J connectivity index is 2.14. The molecule has 5 nitrogen and oxygen atoms in total. The van der Waals surface area contributed by atoms with Gasteiger partial charge in [-0.2, -0.15) is 0 Å². The molecule has 0 aliphatic carbocycles. The highest BCUT2D eigenvalue weighted by molar-refractivity contribution is 5.86. The molecule has 0 aliphatic heterocycles. The molecule has 0 saturated carbocycles. The van der Waals surface area contributed by atoms with E-state index >= 15 is 0 Å². The first-order chi connectivity index (χ1) is 10.0. The second-order valence-corrected chi connectivity index (χ2v) is 4.95. The molecule has 1 atom stereocenters. The van der Waals surface area contributed by atoms with Crippen LogP contribution in [0.15, 0.2) is 30.3 Å². The number of hydrogen-bond donors (Lipinski definition) is 1. The number of aryl methyl sites for hydroxylation is 1. The zero-order chi connectivity index (χ0) is 15.4. The van der Waals surface area contributed by atoms with Crippen LogP contribution in [0.3, 0.4) is 0 Å². The second kappa shape index (κ2) is 6.35. The Labute approximate surface area is 124 Å². The summed E-state index contributed by atoms with van der Waals surface area (Å²) >= 11 is 0. The number of nitrogens with zero attached hydrogens (tertiary/aromatic N) is 2. The summed E-state index contributed by atoms with van der Waals surface area (Å²) in [6, 6.07) is 9.65. The first-order valence-electron chi connectivity index (χ1n) is 6.77. The summed E-state index contributed by atoms with van der Waals surface area (Å²) in [5.74, 6) is 0.132. The monoisotopic (exact) mass is 285 g/mol.